The maximum Gasteiger partial charge on any atom is 0.330 e. The molecule has 0 amide bonds. The summed E-state index contributed by atoms with van der Waals surface area (Å²) < 4.78 is 81.8. The van der Waals surface area contributed by atoms with Crippen molar-refractivity contribution in [3.8, 4) is 5.75 Å². The molecule has 3 aromatic rings. The molecule has 0 radical (unpaired) electrons. The fraction of sp³-hybridized carbons (Fsp3) is 0.423. The van der Waals surface area contributed by atoms with Crippen LogP contribution in [0.1, 0.15) is 27.0 Å². The van der Waals surface area contributed by atoms with Gasteiger partial charge in [0.1, 0.15) is 11.8 Å². The summed E-state index contributed by atoms with van der Waals surface area (Å²) in [4.78, 5) is 37.9. The van der Waals surface area contributed by atoms with Crippen molar-refractivity contribution in [2.24, 2.45) is 0 Å². The van der Waals surface area contributed by atoms with E-state index >= 15 is 8.78 Å². The highest BCUT2D eigenvalue weighted by Crippen LogP contribution is 2.54. The maximum absolute atomic E-state index is 15.5. The molecule has 1 fully saturated rings. The lowest BCUT2D eigenvalue weighted by molar-refractivity contribution is -0.241. The average molecular weight is 650 g/mol. The van der Waals surface area contributed by atoms with Crippen molar-refractivity contribution in [3.05, 3.63) is 75.6 Å². The van der Waals surface area contributed by atoms with E-state index in [2.05, 4.69) is 5.09 Å². The number of fused-ring (bicyclic) bond motifs is 1. The standard InChI is InChI=1S/C26H28F4N3O8PS/c1-14(2)39-22(36)15(3)32-42(43,41-18-9-8-16-6-4-5-7-17(16)12-18)38-13-25(23(27)28)26(29,30)20(35)21(40-25)33-11-10-19(34)31-24(33)37/h4-12,14-15,20-21,23,35H,13H2,1-3H3,(H,32,43)(H,31,34,37). The van der Waals surface area contributed by atoms with Crippen LogP contribution in [-0.4, -0.2) is 63.4 Å². The normalized spacial score (nSPS) is 23.8. The molecule has 1 aliphatic rings. The van der Waals surface area contributed by atoms with E-state index in [4.69, 9.17) is 30.3 Å². The minimum absolute atomic E-state index is 0.0712. The largest absolute Gasteiger partial charge is 0.462 e. The highest BCUT2D eigenvalue weighted by molar-refractivity contribution is 8.09. The number of carbonyl (C=O) groups is 1. The number of benzene rings is 2. The minimum atomic E-state index is -4.72. The second-order valence-electron chi connectivity index (χ2n) is 9.99. The number of esters is 1. The van der Waals surface area contributed by atoms with Gasteiger partial charge in [0, 0.05) is 12.3 Å². The van der Waals surface area contributed by atoms with E-state index < -0.39 is 72.9 Å². The van der Waals surface area contributed by atoms with E-state index in [0.29, 0.717) is 16.2 Å². The van der Waals surface area contributed by atoms with Gasteiger partial charge in [0.15, 0.2) is 12.3 Å². The molecule has 1 saturated heterocycles. The summed E-state index contributed by atoms with van der Waals surface area (Å²) in [5.41, 5.74) is -6.03. The molecular formula is C26H28F4N3O8PS. The van der Waals surface area contributed by atoms with Crippen LogP contribution >= 0.6 is 6.64 Å². The fourth-order valence-corrected chi connectivity index (χ4v) is 6.68. The second kappa shape index (κ2) is 12.5. The molecule has 2 aromatic carbocycles. The molecular weight excluding hydrogens is 621 g/mol. The number of hydrogen-bond acceptors (Lipinski definition) is 9. The first kappa shape index (κ1) is 32.8. The molecule has 43 heavy (non-hydrogen) atoms. The Balaban J connectivity index is 1.69. The first-order valence-electron chi connectivity index (χ1n) is 12.8. The van der Waals surface area contributed by atoms with Gasteiger partial charge in [-0.25, -0.2) is 18.7 Å². The lowest BCUT2D eigenvalue weighted by atomic mass is 9.95. The van der Waals surface area contributed by atoms with Gasteiger partial charge in [-0.2, -0.15) is 8.78 Å². The molecule has 0 spiro atoms. The number of nitrogens with one attached hydrogen (secondary N) is 2. The molecule has 1 aromatic heterocycles. The third-order valence-corrected chi connectivity index (χ3v) is 8.95. The van der Waals surface area contributed by atoms with Gasteiger partial charge in [-0.15, -0.1) is 0 Å². The zero-order valence-electron chi connectivity index (χ0n) is 22.9. The van der Waals surface area contributed by atoms with E-state index in [1.165, 1.54) is 13.0 Å². The van der Waals surface area contributed by atoms with Gasteiger partial charge in [-0.1, -0.05) is 30.3 Å². The molecule has 4 rings (SSSR count). The van der Waals surface area contributed by atoms with Crippen molar-refractivity contribution >= 4 is 35.2 Å². The molecule has 1 aliphatic heterocycles. The Morgan fingerprint density at radius 2 is 1.84 bits per heavy atom. The molecule has 0 saturated carbocycles. The Bertz CT molecular complexity index is 1650. The number of aliphatic hydroxyl groups is 1. The summed E-state index contributed by atoms with van der Waals surface area (Å²) in [6, 6.07) is 11.3. The van der Waals surface area contributed by atoms with Crippen LogP contribution in [0.25, 0.3) is 10.8 Å². The number of aromatic nitrogens is 2. The maximum atomic E-state index is 15.5. The lowest BCUT2D eigenvalue weighted by Gasteiger charge is -2.35. The summed E-state index contributed by atoms with van der Waals surface area (Å²) >= 11 is 5.49. The molecule has 0 aliphatic carbocycles. The van der Waals surface area contributed by atoms with Crippen LogP contribution in [0.4, 0.5) is 17.6 Å². The first-order chi connectivity index (χ1) is 20.1. The fourth-order valence-electron chi connectivity index (χ4n) is 4.27. The molecule has 5 atom stereocenters. The van der Waals surface area contributed by atoms with E-state index in [0.717, 1.165) is 11.5 Å². The van der Waals surface area contributed by atoms with Crippen molar-refractivity contribution in [2.45, 2.75) is 63.2 Å². The SMILES string of the molecule is CC(C)OC(=O)C(C)NP(=S)(OCC1(C(F)F)OC(n2ccc(=O)[nH]c2=O)C(O)C1(F)F)Oc1ccc2ccccc2c1. The van der Waals surface area contributed by atoms with E-state index in [1.807, 2.05) is 6.07 Å². The Morgan fingerprint density at radius 1 is 1.16 bits per heavy atom. The summed E-state index contributed by atoms with van der Waals surface area (Å²) in [7, 11) is 0. The van der Waals surface area contributed by atoms with Crippen molar-refractivity contribution < 1.29 is 46.0 Å². The predicted molar refractivity (Wildman–Crippen MR) is 150 cm³/mol. The Hall–Kier alpha value is -3.14. The van der Waals surface area contributed by atoms with Crippen LogP contribution in [0.15, 0.2) is 64.3 Å². The molecule has 3 N–H and O–H groups in total. The molecule has 234 valence electrons. The number of nitrogens with zero attached hydrogens (tertiary/aromatic N) is 1. The number of aromatic amines is 1. The van der Waals surface area contributed by atoms with Crippen LogP contribution in [0.2, 0.25) is 0 Å². The predicted octanol–water partition coefficient (Wildman–Crippen LogP) is 3.47. The van der Waals surface area contributed by atoms with E-state index in [1.54, 1.807) is 49.2 Å². The Labute approximate surface area is 246 Å². The van der Waals surface area contributed by atoms with Gasteiger partial charge in [-0.05, 0) is 55.5 Å². The van der Waals surface area contributed by atoms with Gasteiger partial charge in [-0.3, -0.25) is 19.1 Å². The van der Waals surface area contributed by atoms with Crippen LogP contribution in [0.5, 0.6) is 5.75 Å². The van der Waals surface area contributed by atoms with Crippen molar-refractivity contribution in [2.75, 3.05) is 6.61 Å². The van der Waals surface area contributed by atoms with Crippen molar-refractivity contribution in [1.29, 1.82) is 0 Å². The van der Waals surface area contributed by atoms with Gasteiger partial charge < -0.3 is 23.6 Å². The molecule has 0 bridgehead atoms. The third-order valence-electron chi connectivity index (χ3n) is 6.47. The molecule has 5 unspecified atom stereocenters. The number of H-pyrrole nitrogens is 1. The molecule has 11 nitrogen and oxygen atoms in total. The van der Waals surface area contributed by atoms with E-state index in [9.17, 15) is 28.3 Å². The van der Waals surface area contributed by atoms with Crippen LogP contribution < -0.4 is 20.9 Å². The summed E-state index contributed by atoms with van der Waals surface area (Å²) in [5.74, 6) is -5.46. The smallest absolute Gasteiger partial charge is 0.330 e. The van der Waals surface area contributed by atoms with E-state index in [-0.39, 0.29) is 5.75 Å². The lowest BCUT2D eigenvalue weighted by Crippen LogP contribution is -2.57. The van der Waals surface area contributed by atoms with Gasteiger partial charge in [0.25, 0.3) is 12.0 Å². The Kier molecular flexibility index (Phi) is 9.50. The number of hydrogen-bond donors (Lipinski definition) is 3. The number of carbonyl (C=O) groups excluding carboxylic acids is 1. The number of ether oxygens (including phenoxy) is 2. The van der Waals surface area contributed by atoms with Gasteiger partial charge in [0.2, 0.25) is 5.60 Å². The van der Waals surface area contributed by atoms with Gasteiger partial charge in [0.05, 0.1) is 12.7 Å². The number of alkyl halides is 4. The van der Waals surface area contributed by atoms with Crippen LogP contribution in [-0.2, 0) is 30.6 Å². The Morgan fingerprint density at radius 3 is 2.47 bits per heavy atom. The van der Waals surface area contributed by atoms with Crippen molar-refractivity contribution in [1.82, 2.24) is 14.6 Å². The number of rotatable bonds is 11. The highest BCUT2D eigenvalue weighted by atomic mass is 32.5. The summed E-state index contributed by atoms with van der Waals surface area (Å²) in [6.45, 7) is -1.30. The first-order valence-corrected chi connectivity index (χ1v) is 15.5. The number of halogens is 4. The van der Waals surface area contributed by atoms with Crippen LogP contribution in [0.3, 0.4) is 0 Å². The zero-order chi connectivity index (χ0) is 31.7. The zero-order valence-corrected chi connectivity index (χ0v) is 24.6. The monoisotopic (exact) mass is 649 g/mol. The average Bonchev–Trinajstić information content (AvgIpc) is 3.12. The second-order valence-corrected chi connectivity index (χ2v) is 13.1. The minimum Gasteiger partial charge on any atom is -0.462 e. The van der Waals surface area contributed by atoms with Crippen molar-refractivity contribution in [3.63, 3.8) is 0 Å². The topological polar surface area (TPSA) is 141 Å². The van der Waals surface area contributed by atoms with Gasteiger partial charge >= 0.3 is 24.2 Å². The number of aliphatic hydroxyl groups excluding tert-OH is 1. The molecule has 2 heterocycles. The van der Waals surface area contributed by atoms with Crippen LogP contribution in [0, 0.1) is 0 Å². The third kappa shape index (κ3) is 6.69. The quantitative estimate of drug-likeness (QED) is 0.161. The summed E-state index contributed by atoms with van der Waals surface area (Å²) in [6.07, 6.45) is -9.12. The summed E-state index contributed by atoms with van der Waals surface area (Å²) in [5, 5.41) is 14.5. The molecule has 17 heteroatoms. The highest BCUT2D eigenvalue weighted by Gasteiger charge is 2.74.